The van der Waals surface area contributed by atoms with Crippen LogP contribution in [0.3, 0.4) is 0 Å². The van der Waals surface area contributed by atoms with Crippen LogP contribution in [0.4, 0.5) is 5.69 Å². The Kier molecular flexibility index (Phi) is 6.41. The molecule has 0 saturated carbocycles. The van der Waals surface area contributed by atoms with Crippen molar-refractivity contribution in [3.8, 4) is 0 Å². The van der Waals surface area contributed by atoms with Crippen molar-refractivity contribution >= 4 is 26.6 Å². The van der Waals surface area contributed by atoms with Crippen LogP contribution < -0.4 is 15.7 Å². The van der Waals surface area contributed by atoms with Crippen LogP contribution in [0, 0.1) is 6.92 Å². The molecule has 0 saturated heterocycles. The normalized spacial score (nSPS) is 11.5. The largest absolute Gasteiger partial charge is 0.404 e. The SMILES string of the molecule is Cc1ncnc2c1c(NCc1cccc(CS(C)(=O)=O)c1)cc(=O)n2OCc1ccccc1. The lowest BCUT2D eigenvalue weighted by molar-refractivity contribution is 0.0979. The Bertz CT molecular complexity index is 1450. The molecule has 170 valence electrons. The molecular weight excluding hydrogens is 440 g/mol. The molecule has 0 amide bonds. The Balaban J connectivity index is 1.63. The second-order valence-electron chi connectivity index (χ2n) is 7.85. The number of benzene rings is 2. The van der Waals surface area contributed by atoms with E-state index in [1.807, 2.05) is 55.5 Å². The van der Waals surface area contributed by atoms with Crippen molar-refractivity contribution in [2.45, 2.75) is 25.8 Å². The van der Waals surface area contributed by atoms with Gasteiger partial charge >= 0.3 is 0 Å². The summed E-state index contributed by atoms with van der Waals surface area (Å²) in [5.74, 6) is -0.0223. The van der Waals surface area contributed by atoms with Crippen LogP contribution in [0.25, 0.3) is 11.0 Å². The molecule has 0 fully saturated rings. The molecule has 0 aliphatic rings. The number of hydrogen-bond donors (Lipinski definition) is 1. The monoisotopic (exact) mass is 464 g/mol. The van der Waals surface area contributed by atoms with Crippen LogP contribution in [0.1, 0.15) is 22.4 Å². The van der Waals surface area contributed by atoms with Crippen LogP contribution in [0.15, 0.2) is 71.8 Å². The fraction of sp³-hybridized carbons (Fsp3) is 0.208. The molecule has 0 aliphatic carbocycles. The fourth-order valence-electron chi connectivity index (χ4n) is 3.60. The van der Waals surface area contributed by atoms with E-state index in [1.54, 1.807) is 6.07 Å². The number of nitrogens with one attached hydrogen (secondary N) is 1. The minimum Gasteiger partial charge on any atom is -0.404 e. The zero-order valence-electron chi connectivity index (χ0n) is 18.4. The number of pyridine rings is 1. The van der Waals surface area contributed by atoms with E-state index in [9.17, 15) is 13.2 Å². The fourth-order valence-corrected chi connectivity index (χ4v) is 4.38. The first-order valence-corrected chi connectivity index (χ1v) is 12.4. The first-order chi connectivity index (χ1) is 15.8. The van der Waals surface area contributed by atoms with Gasteiger partial charge in [0.2, 0.25) is 0 Å². The lowest BCUT2D eigenvalue weighted by Crippen LogP contribution is -2.28. The second-order valence-corrected chi connectivity index (χ2v) is 9.99. The average Bonchev–Trinajstić information content (AvgIpc) is 2.77. The predicted molar refractivity (Wildman–Crippen MR) is 128 cm³/mol. The molecular formula is C24H24N4O4S. The van der Waals surface area contributed by atoms with Gasteiger partial charge in [0, 0.05) is 18.9 Å². The number of hydrogen-bond acceptors (Lipinski definition) is 7. The minimum absolute atomic E-state index is 0.0223. The first-order valence-electron chi connectivity index (χ1n) is 10.3. The zero-order chi connectivity index (χ0) is 23.4. The Morgan fingerprint density at radius 3 is 2.45 bits per heavy atom. The molecule has 0 spiro atoms. The number of sulfone groups is 1. The lowest BCUT2D eigenvalue weighted by Gasteiger charge is -2.15. The third kappa shape index (κ3) is 5.56. The van der Waals surface area contributed by atoms with Crippen molar-refractivity contribution in [3.05, 3.63) is 99.7 Å². The summed E-state index contributed by atoms with van der Waals surface area (Å²) in [4.78, 5) is 27.3. The number of fused-ring (bicyclic) bond motifs is 1. The highest BCUT2D eigenvalue weighted by Gasteiger charge is 2.14. The quantitative estimate of drug-likeness (QED) is 0.428. The maximum absolute atomic E-state index is 12.9. The van der Waals surface area contributed by atoms with Gasteiger partial charge in [-0.15, -0.1) is 4.73 Å². The molecule has 2 aromatic heterocycles. The maximum atomic E-state index is 12.9. The third-order valence-corrected chi connectivity index (χ3v) is 5.91. The number of aryl methyl sites for hydroxylation is 1. The highest BCUT2D eigenvalue weighted by atomic mass is 32.2. The third-order valence-electron chi connectivity index (χ3n) is 5.05. The van der Waals surface area contributed by atoms with Crippen LogP contribution in [0.5, 0.6) is 0 Å². The summed E-state index contributed by atoms with van der Waals surface area (Å²) in [5, 5.41) is 3.96. The Labute approximate surface area is 191 Å². The molecule has 0 aliphatic heterocycles. The van der Waals surface area contributed by atoms with Gasteiger partial charge in [-0.3, -0.25) is 4.79 Å². The Morgan fingerprint density at radius 2 is 1.70 bits per heavy atom. The molecule has 4 rings (SSSR count). The van der Waals surface area contributed by atoms with Crippen LogP contribution >= 0.6 is 0 Å². The topological polar surface area (TPSA) is 103 Å². The standard InChI is InChI=1S/C24H24N4O4S/c1-17-23-21(25-13-19-9-6-10-20(11-19)15-33(2,30)31)12-22(29)28(24(23)27-16-26-17)32-14-18-7-4-3-5-8-18/h3-12,16,25H,13-15H2,1-2H3. The molecule has 4 aromatic rings. The first kappa shape index (κ1) is 22.5. The van der Waals surface area contributed by atoms with E-state index in [0.717, 1.165) is 11.1 Å². The highest BCUT2D eigenvalue weighted by Crippen LogP contribution is 2.23. The van der Waals surface area contributed by atoms with Gasteiger partial charge in [0.05, 0.1) is 22.5 Å². The lowest BCUT2D eigenvalue weighted by atomic mass is 10.1. The van der Waals surface area contributed by atoms with Crippen LogP contribution in [-0.4, -0.2) is 29.4 Å². The van der Waals surface area contributed by atoms with Gasteiger partial charge in [0.15, 0.2) is 15.5 Å². The van der Waals surface area contributed by atoms with Gasteiger partial charge in [0.1, 0.15) is 12.9 Å². The second kappa shape index (κ2) is 9.41. The molecule has 0 bridgehead atoms. The van der Waals surface area contributed by atoms with E-state index in [4.69, 9.17) is 4.84 Å². The Hall–Kier alpha value is -3.72. The van der Waals surface area contributed by atoms with Gasteiger partial charge in [-0.1, -0.05) is 54.6 Å². The molecule has 8 nitrogen and oxygen atoms in total. The van der Waals surface area contributed by atoms with E-state index >= 15 is 0 Å². The Morgan fingerprint density at radius 1 is 0.970 bits per heavy atom. The van der Waals surface area contributed by atoms with Gasteiger partial charge in [-0.25, -0.2) is 18.4 Å². The molecule has 2 aromatic carbocycles. The summed E-state index contributed by atoms with van der Waals surface area (Å²) < 4.78 is 24.4. The summed E-state index contributed by atoms with van der Waals surface area (Å²) in [6.45, 7) is 2.46. The summed E-state index contributed by atoms with van der Waals surface area (Å²) in [7, 11) is -3.13. The van der Waals surface area contributed by atoms with Crippen molar-refractivity contribution in [2.75, 3.05) is 11.6 Å². The van der Waals surface area contributed by atoms with Crippen molar-refractivity contribution in [3.63, 3.8) is 0 Å². The van der Waals surface area contributed by atoms with Gasteiger partial charge in [0.25, 0.3) is 5.56 Å². The minimum atomic E-state index is -3.13. The summed E-state index contributed by atoms with van der Waals surface area (Å²) in [6.07, 6.45) is 2.61. The van der Waals surface area contributed by atoms with Crippen LogP contribution in [0.2, 0.25) is 0 Å². The predicted octanol–water partition coefficient (Wildman–Crippen LogP) is 2.89. The van der Waals surface area contributed by atoms with Crippen molar-refractivity contribution in [1.29, 1.82) is 0 Å². The molecule has 0 radical (unpaired) electrons. The molecule has 2 heterocycles. The molecule has 0 atom stereocenters. The molecule has 1 N–H and O–H groups in total. The van der Waals surface area contributed by atoms with Crippen molar-refractivity contribution < 1.29 is 13.3 Å². The van der Waals surface area contributed by atoms with E-state index < -0.39 is 9.84 Å². The van der Waals surface area contributed by atoms with E-state index in [0.29, 0.717) is 34.5 Å². The number of nitrogens with zero attached hydrogens (tertiary/aromatic N) is 3. The van der Waals surface area contributed by atoms with E-state index in [2.05, 4.69) is 15.3 Å². The van der Waals surface area contributed by atoms with Crippen molar-refractivity contribution in [1.82, 2.24) is 14.7 Å². The maximum Gasteiger partial charge on any atom is 0.287 e. The zero-order valence-corrected chi connectivity index (χ0v) is 19.2. The molecule has 9 heteroatoms. The van der Waals surface area contributed by atoms with Gasteiger partial charge in [-0.05, 0) is 23.6 Å². The van der Waals surface area contributed by atoms with Gasteiger partial charge in [-0.2, -0.15) is 0 Å². The number of rotatable bonds is 8. The van der Waals surface area contributed by atoms with Crippen LogP contribution in [-0.2, 0) is 28.7 Å². The van der Waals surface area contributed by atoms with E-state index in [-0.39, 0.29) is 17.9 Å². The van der Waals surface area contributed by atoms with Gasteiger partial charge < -0.3 is 10.2 Å². The van der Waals surface area contributed by atoms with E-state index in [1.165, 1.54) is 23.4 Å². The average molecular weight is 465 g/mol. The summed E-state index contributed by atoms with van der Waals surface area (Å²) in [5.41, 5.74) is 3.84. The summed E-state index contributed by atoms with van der Waals surface area (Å²) in [6, 6.07) is 18.4. The molecule has 33 heavy (non-hydrogen) atoms. The molecule has 0 unspecified atom stereocenters. The number of aromatic nitrogens is 3. The highest BCUT2D eigenvalue weighted by molar-refractivity contribution is 7.89. The summed E-state index contributed by atoms with van der Waals surface area (Å²) >= 11 is 0. The number of anilines is 1. The smallest absolute Gasteiger partial charge is 0.287 e. The van der Waals surface area contributed by atoms with Crippen molar-refractivity contribution in [2.24, 2.45) is 0 Å².